The van der Waals surface area contributed by atoms with Crippen LogP contribution in [0.3, 0.4) is 0 Å². The van der Waals surface area contributed by atoms with Gasteiger partial charge < -0.3 is 19.7 Å². The van der Waals surface area contributed by atoms with Crippen LogP contribution >= 0.6 is 0 Å². The smallest absolute Gasteiger partial charge is 0.322 e. The van der Waals surface area contributed by atoms with Crippen LogP contribution in [0.1, 0.15) is 18.4 Å². The number of ether oxygens (including phenoxy) is 2. The number of nitrogens with one attached hydrogen (secondary N) is 2. The normalized spacial score (nSPS) is 24.9. The van der Waals surface area contributed by atoms with Gasteiger partial charge in [0.05, 0.1) is 13.0 Å². The molecule has 3 aliphatic heterocycles. The maximum absolute atomic E-state index is 12.7. The van der Waals surface area contributed by atoms with E-state index in [0.717, 1.165) is 5.56 Å². The molecule has 0 saturated carbocycles. The highest BCUT2D eigenvalue weighted by Gasteiger charge is 2.49. The zero-order chi connectivity index (χ0) is 17.4. The van der Waals surface area contributed by atoms with Gasteiger partial charge in [0.1, 0.15) is 18.8 Å². The molecule has 1 unspecified atom stereocenters. The van der Waals surface area contributed by atoms with Gasteiger partial charge in [0.25, 0.3) is 5.91 Å². The molecular formula is C17H19N3O5. The van der Waals surface area contributed by atoms with Gasteiger partial charge >= 0.3 is 6.03 Å². The summed E-state index contributed by atoms with van der Waals surface area (Å²) >= 11 is 0. The topological polar surface area (TPSA) is 97.0 Å². The summed E-state index contributed by atoms with van der Waals surface area (Å²) in [6, 6.07) is 4.97. The summed E-state index contributed by atoms with van der Waals surface area (Å²) in [7, 11) is 0. The fourth-order valence-electron chi connectivity index (χ4n) is 3.57. The van der Waals surface area contributed by atoms with Crippen LogP contribution in [-0.2, 0) is 16.0 Å². The maximum atomic E-state index is 12.7. The quantitative estimate of drug-likeness (QED) is 0.747. The first-order valence-electron chi connectivity index (χ1n) is 8.36. The van der Waals surface area contributed by atoms with Crippen LogP contribution in [0, 0.1) is 0 Å². The van der Waals surface area contributed by atoms with E-state index in [4.69, 9.17) is 9.47 Å². The largest absolute Gasteiger partial charge is 0.486 e. The van der Waals surface area contributed by atoms with Gasteiger partial charge in [-0.25, -0.2) is 4.79 Å². The van der Waals surface area contributed by atoms with Gasteiger partial charge in [0.2, 0.25) is 5.91 Å². The second-order valence-corrected chi connectivity index (χ2v) is 6.56. The van der Waals surface area contributed by atoms with Gasteiger partial charge in [-0.3, -0.25) is 14.9 Å². The Hall–Kier alpha value is -2.77. The lowest BCUT2D eigenvalue weighted by molar-refractivity contribution is -0.135. The number of imide groups is 1. The first-order chi connectivity index (χ1) is 12.1. The number of rotatable bonds is 2. The zero-order valence-electron chi connectivity index (χ0n) is 13.7. The van der Waals surface area contributed by atoms with E-state index in [9.17, 15) is 14.4 Å². The van der Waals surface area contributed by atoms with Gasteiger partial charge in [-0.1, -0.05) is 6.07 Å². The summed E-state index contributed by atoms with van der Waals surface area (Å²) in [5.74, 6) is 0.901. The third-order valence-electron chi connectivity index (χ3n) is 4.82. The molecule has 0 radical (unpaired) electrons. The second kappa shape index (κ2) is 5.94. The molecule has 3 aliphatic rings. The minimum atomic E-state index is -0.988. The van der Waals surface area contributed by atoms with Crippen LogP contribution in [0.5, 0.6) is 11.5 Å². The Labute approximate surface area is 144 Å². The first kappa shape index (κ1) is 15.7. The second-order valence-electron chi connectivity index (χ2n) is 6.56. The highest BCUT2D eigenvalue weighted by Crippen LogP contribution is 2.31. The standard InChI is InChI=1S/C17H19N3O5/c21-14(9-11-2-3-12-13(8-11)25-7-6-24-12)20-5-1-4-17(10-20)15(22)18-16(23)19-17/h2-3,8H,1,4-7,9-10H2,(H2,18,19,22,23). The lowest BCUT2D eigenvalue weighted by atomic mass is 9.89. The fourth-order valence-corrected chi connectivity index (χ4v) is 3.57. The molecular weight excluding hydrogens is 326 g/mol. The van der Waals surface area contributed by atoms with Crippen molar-refractivity contribution in [2.75, 3.05) is 26.3 Å². The molecule has 4 rings (SSSR count). The van der Waals surface area contributed by atoms with Crippen LogP contribution in [0.2, 0.25) is 0 Å². The van der Waals surface area contributed by atoms with Gasteiger partial charge in [-0.15, -0.1) is 0 Å². The van der Waals surface area contributed by atoms with Crippen LogP contribution in [0.15, 0.2) is 18.2 Å². The monoisotopic (exact) mass is 345 g/mol. The maximum Gasteiger partial charge on any atom is 0.322 e. The molecule has 1 spiro atoms. The van der Waals surface area contributed by atoms with Gasteiger partial charge in [0.15, 0.2) is 11.5 Å². The molecule has 25 heavy (non-hydrogen) atoms. The summed E-state index contributed by atoms with van der Waals surface area (Å²) in [5.41, 5.74) is -0.161. The number of hydrogen-bond acceptors (Lipinski definition) is 5. The van der Waals surface area contributed by atoms with Crippen LogP contribution in [0.25, 0.3) is 0 Å². The Kier molecular flexibility index (Phi) is 3.74. The molecule has 2 N–H and O–H groups in total. The lowest BCUT2D eigenvalue weighted by Gasteiger charge is -2.38. The van der Waals surface area contributed by atoms with Crippen LogP contribution in [-0.4, -0.2) is 54.6 Å². The molecule has 1 atom stereocenters. The molecule has 132 valence electrons. The minimum absolute atomic E-state index is 0.0790. The number of nitrogens with zero attached hydrogens (tertiary/aromatic N) is 1. The molecule has 8 nitrogen and oxygen atoms in total. The summed E-state index contributed by atoms with van der Waals surface area (Å²) in [6.07, 6.45) is 1.42. The molecule has 8 heteroatoms. The van der Waals surface area contributed by atoms with Crippen LogP contribution in [0.4, 0.5) is 4.79 Å². The molecule has 0 aromatic heterocycles. The molecule has 4 amide bonds. The Balaban J connectivity index is 1.46. The first-order valence-corrected chi connectivity index (χ1v) is 8.36. The lowest BCUT2D eigenvalue weighted by Crippen LogP contribution is -2.59. The van der Waals surface area contributed by atoms with Crippen molar-refractivity contribution in [2.45, 2.75) is 24.8 Å². The number of hydrogen-bond donors (Lipinski definition) is 2. The van der Waals surface area contributed by atoms with E-state index < -0.39 is 11.6 Å². The van der Waals surface area contributed by atoms with Crippen molar-refractivity contribution in [1.82, 2.24) is 15.5 Å². The molecule has 0 bridgehead atoms. The van der Waals surface area contributed by atoms with Crippen molar-refractivity contribution >= 4 is 17.8 Å². The van der Waals surface area contributed by atoms with Crippen molar-refractivity contribution in [1.29, 1.82) is 0 Å². The number of urea groups is 1. The van der Waals surface area contributed by atoms with Gasteiger partial charge in [-0.2, -0.15) is 0 Å². The minimum Gasteiger partial charge on any atom is -0.486 e. The number of carbonyl (C=O) groups is 3. The number of carbonyl (C=O) groups excluding carboxylic acids is 3. The number of benzene rings is 1. The Bertz CT molecular complexity index is 750. The molecule has 3 heterocycles. The third kappa shape index (κ3) is 2.88. The molecule has 1 aromatic rings. The SMILES string of the molecule is O=C1NC(=O)C2(CCCN(C(=O)Cc3ccc4c(c3)OCCO4)C2)N1. The van der Waals surface area contributed by atoms with Crippen molar-refractivity contribution in [3.05, 3.63) is 23.8 Å². The van der Waals surface area contributed by atoms with E-state index in [1.807, 2.05) is 12.1 Å². The third-order valence-corrected chi connectivity index (χ3v) is 4.82. The van der Waals surface area contributed by atoms with E-state index >= 15 is 0 Å². The summed E-state index contributed by atoms with van der Waals surface area (Å²) < 4.78 is 11.0. The van der Waals surface area contributed by atoms with Crippen molar-refractivity contribution in [3.63, 3.8) is 0 Å². The summed E-state index contributed by atoms with van der Waals surface area (Å²) in [4.78, 5) is 37.9. The van der Waals surface area contributed by atoms with E-state index in [-0.39, 0.29) is 24.8 Å². The predicted molar refractivity (Wildman–Crippen MR) is 86.4 cm³/mol. The van der Waals surface area contributed by atoms with Crippen molar-refractivity contribution < 1.29 is 23.9 Å². The summed E-state index contributed by atoms with van der Waals surface area (Å²) in [5, 5.41) is 4.94. The van der Waals surface area contributed by atoms with Gasteiger partial charge in [-0.05, 0) is 30.5 Å². The number of fused-ring (bicyclic) bond motifs is 1. The van der Waals surface area contributed by atoms with E-state index in [1.54, 1.807) is 11.0 Å². The zero-order valence-corrected chi connectivity index (χ0v) is 13.7. The van der Waals surface area contributed by atoms with Gasteiger partial charge in [0, 0.05) is 6.54 Å². The van der Waals surface area contributed by atoms with E-state index in [1.165, 1.54) is 0 Å². The Morgan fingerprint density at radius 3 is 2.76 bits per heavy atom. The molecule has 2 fully saturated rings. The fraction of sp³-hybridized carbons (Fsp3) is 0.471. The molecule has 2 saturated heterocycles. The highest BCUT2D eigenvalue weighted by atomic mass is 16.6. The van der Waals surface area contributed by atoms with E-state index in [0.29, 0.717) is 44.1 Å². The highest BCUT2D eigenvalue weighted by molar-refractivity contribution is 6.07. The average Bonchev–Trinajstić information content (AvgIpc) is 2.87. The summed E-state index contributed by atoms with van der Waals surface area (Å²) in [6.45, 7) is 1.80. The molecule has 1 aromatic carbocycles. The van der Waals surface area contributed by atoms with Crippen molar-refractivity contribution in [2.24, 2.45) is 0 Å². The van der Waals surface area contributed by atoms with Crippen LogP contribution < -0.4 is 20.1 Å². The molecule has 0 aliphatic carbocycles. The Morgan fingerprint density at radius 2 is 2.00 bits per heavy atom. The van der Waals surface area contributed by atoms with E-state index in [2.05, 4.69) is 10.6 Å². The number of piperidine rings is 1. The predicted octanol–water partition coefficient (Wildman–Crippen LogP) is 0.201. The number of amides is 4. The Morgan fingerprint density at radius 1 is 1.20 bits per heavy atom. The van der Waals surface area contributed by atoms with Crippen molar-refractivity contribution in [3.8, 4) is 11.5 Å². The average molecular weight is 345 g/mol. The number of likely N-dealkylation sites (tertiary alicyclic amines) is 1.